The third kappa shape index (κ3) is 5.63. The first-order valence-corrected chi connectivity index (χ1v) is 9.05. The van der Waals surface area contributed by atoms with Gasteiger partial charge in [-0.2, -0.15) is 5.10 Å². The maximum atomic E-state index is 6.06. The molecule has 1 aliphatic heterocycles. The molecule has 0 spiro atoms. The summed E-state index contributed by atoms with van der Waals surface area (Å²) in [6.07, 6.45) is 6.28. The van der Waals surface area contributed by atoms with Crippen LogP contribution < -0.4 is 15.8 Å². The fraction of sp³-hybridized carbons (Fsp3) is 0.556. The Morgan fingerprint density at radius 2 is 2.12 bits per heavy atom. The second-order valence-electron chi connectivity index (χ2n) is 6.76. The maximum absolute atomic E-state index is 6.06. The molecule has 1 atom stereocenters. The number of rotatable bonds is 8. The zero-order valence-corrected chi connectivity index (χ0v) is 14.9. The van der Waals surface area contributed by atoms with E-state index in [1.165, 1.54) is 44.2 Å². The van der Waals surface area contributed by atoms with Crippen molar-refractivity contribution in [2.24, 2.45) is 0 Å². The van der Waals surface area contributed by atoms with Gasteiger partial charge >= 0.3 is 0 Å². The molecule has 1 aromatic heterocycles. The van der Waals surface area contributed by atoms with E-state index in [0.29, 0.717) is 12.6 Å². The van der Waals surface area contributed by atoms with Crippen LogP contribution in [0.2, 0.25) is 0 Å². The number of aromatic nitrogens is 3. The van der Waals surface area contributed by atoms with Crippen LogP contribution in [0.15, 0.2) is 24.5 Å². The smallest absolute Gasteiger partial charge is 0.218 e. The molecule has 1 aromatic carbocycles. The number of likely N-dealkylation sites (tertiary alicyclic amines) is 1. The minimum Gasteiger partial charge on any atom is -0.493 e. The summed E-state index contributed by atoms with van der Waals surface area (Å²) in [6, 6.07) is 6.30. The zero-order chi connectivity index (χ0) is 17.5. The van der Waals surface area contributed by atoms with E-state index in [1.54, 1.807) is 0 Å². The lowest BCUT2D eigenvalue weighted by molar-refractivity contribution is 0.220. The van der Waals surface area contributed by atoms with Crippen molar-refractivity contribution >= 4 is 11.6 Å². The van der Waals surface area contributed by atoms with Crippen molar-refractivity contribution in [2.45, 2.75) is 45.2 Å². The lowest BCUT2D eigenvalue weighted by atomic mass is 10.1. The molecular formula is C18H28N6O. The number of anilines is 2. The molecule has 0 bridgehead atoms. The van der Waals surface area contributed by atoms with E-state index in [4.69, 9.17) is 10.5 Å². The molecule has 4 N–H and O–H groups in total. The van der Waals surface area contributed by atoms with Gasteiger partial charge < -0.3 is 15.8 Å². The monoisotopic (exact) mass is 344 g/mol. The van der Waals surface area contributed by atoms with Crippen molar-refractivity contribution in [3.05, 3.63) is 30.1 Å². The molecule has 2 heterocycles. The van der Waals surface area contributed by atoms with Crippen molar-refractivity contribution in [1.82, 2.24) is 20.1 Å². The second kappa shape index (κ2) is 8.71. The topological polar surface area (TPSA) is 92.1 Å². The van der Waals surface area contributed by atoms with E-state index < -0.39 is 0 Å². The van der Waals surface area contributed by atoms with Gasteiger partial charge in [-0.15, -0.1) is 0 Å². The summed E-state index contributed by atoms with van der Waals surface area (Å²) in [5.41, 5.74) is 8.04. The lowest BCUT2D eigenvalue weighted by Gasteiger charge is -2.26. The average molecular weight is 344 g/mol. The molecule has 7 heteroatoms. The molecule has 0 saturated carbocycles. The van der Waals surface area contributed by atoms with E-state index in [0.717, 1.165) is 24.4 Å². The number of nitrogens with two attached hydrogens (primary N) is 1. The van der Waals surface area contributed by atoms with Crippen LogP contribution in [-0.4, -0.2) is 45.8 Å². The molecule has 136 valence electrons. The predicted octanol–water partition coefficient (Wildman–Crippen LogP) is 2.64. The van der Waals surface area contributed by atoms with Gasteiger partial charge in [-0.1, -0.05) is 6.42 Å². The molecule has 0 radical (unpaired) electrons. The van der Waals surface area contributed by atoms with E-state index in [-0.39, 0.29) is 6.04 Å². The van der Waals surface area contributed by atoms with Gasteiger partial charge in [0.25, 0.3) is 0 Å². The number of ether oxygens (including phenoxy) is 1. The summed E-state index contributed by atoms with van der Waals surface area (Å²) in [4.78, 5) is 6.55. The van der Waals surface area contributed by atoms with Crippen molar-refractivity contribution in [1.29, 1.82) is 0 Å². The van der Waals surface area contributed by atoms with Crippen LogP contribution >= 0.6 is 0 Å². The molecule has 25 heavy (non-hydrogen) atoms. The Bertz CT molecular complexity index is 639. The van der Waals surface area contributed by atoms with Crippen LogP contribution in [0, 0.1) is 0 Å². The van der Waals surface area contributed by atoms with Gasteiger partial charge in [0.1, 0.15) is 12.1 Å². The SMILES string of the molecule is CC(CCOc1cc(N)cc(CN2CCCCC2)c1)Nc1ncn[nH]1. The second-order valence-corrected chi connectivity index (χ2v) is 6.76. The Labute approximate surface area is 149 Å². The Balaban J connectivity index is 1.48. The summed E-state index contributed by atoms with van der Waals surface area (Å²) >= 11 is 0. The summed E-state index contributed by atoms with van der Waals surface area (Å²) in [5.74, 6) is 1.53. The van der Waals surface area contributed by atoms with Crippen molar-refractivity contribution in [3.8, 4) is 5.75 Å². The third-order valence-corrected chi connectivity index (χ3v) is 4.46. The third-order valence-electron chi connectivity index (χ3n) is 4.46. The van der Waals surface area contributed by atoms with Crippen LogP contribution in [0.25, 0.3) is 0 Å². The van der Waals surface area contributed by atoms with Crippen molar-refractivity contribution < 1.29 is 4.74 Å². The number of benzene rings is 1. The first kappa shape index (κ1) is 17.5. The van der Waals surface area contributed by atoms with Crippen LogP contribution in [0.5, 0.6) is 5.75 Å². The number of hydrogen-bond donors (Lipinski definition) is 3. The van der Waals surface area contributed by atoms with Gasteiger partial charge in [-0.3, -0.25) is 4.90 Å². The quantitative estimate of drug-likeness (QED) is 0.638. The summed E-state index contributed by atoms with van der Waals surface area (Å²) in [7, 11) is 0. The number of H-pyrrole nitrogens is 1. The number of nitrogens with one attached hydrogen (secondary N) is 2. The highest BCUT2D eigenvalue weighted by Crippen LogP contribution is 2.22. The molecule has 7 nitrogen and oxygen atoms in total. The van der Waals surface area contributed by atoms with Crippen molar-refractivity contribution in [3.63, 3.8) is 0 Å². The predicted molar refractivity (Wildman–Crippen MR) is 99.6 cm³/mol. The van der Waals surface area contributed by atoms with Crippen LogP contribution in [0.3, 0.4) is 0 Å². The molecular weight excluding hydrogens is 316 g/mol. The molecule has 1 saturated heterocycles. The first-order chi connectivity index (χ1) is 12.2. The normalized spacial score (nSPS) is 16.5. The molecule has 0 amide bonds. The van der Waals surface area contributed by atoms with E-state index in [2.05, 4.69) is 44.5 Å². The highest BCUT2D eigenvalue weighted by Gasteiger charge is 2.11. The highest BCUT2D eigenvalue weighted by atomic mass is 16.5. The number of nitrogens with zero attached hydrogens (tertiary/aromatic N) is 3. The van der Waals surface area contributed by atoms with Gasteiger partial charge in [-0.05, 0) is 50.6 Å². The Hall–Kier alpha value is -2.28. The molecule has 1 fully saturated rings. The van der Waals surface area contributed by atoms with Crippen LogP contribution in [0.1, 0.15) is 38.2 Å². The number of aromatic amines is 1. The molecule has 1 aliphatic rings. The van der Waals surface area contributed by atoms with Crippen LogP contribution in [-0.2, 0) is 6.54 Å². The van der Waals surface area contributed by atoms with Gasteiger partial charge in [-0.25, -0.2) is 10.1 Å². The van der Waals surface area contributed by atoms with E-state index in [9.17, 15) is 0 Å². The summed E-state index contributed by atoms with van der Waals surface area (Å²) in [5, 5.41) is 9.86. The molecule has 2 aromatic rings. The Morgan fingerprint density at radius 1 is 1.28 bits per heavy atom. The first-order valence-electron chi connectivity index (χ1n) is 9.05. The van der Waals surface area contributed by atoms with Crippen molar-refractivity contribution in [2.75, 3.05) is 30.7 Å². The van der Waals surface area contributed by atoms with Gasteiger partial charge in [0.15, 0.2) is 0 Å². The molecule has 0 aliphatic carbocycles. The average Bonchev–Trinajstić information content (AvgIpc) is 3.08. The van der Waals surface area contributed by atoms with E-state index in [1.807, 2.05) is 6.07 Å². The summed E-state index contributed by atoms with van der Waals surface area (Å²) < 4.78 is 5.92. The molecule has 3 rings (SSSR count). The fourth-order valence-electron chi connectivity index (χ4n) is 3.17. The number of hydrogen-bond acceptors (Lipinski definition) is 6. The minimum atomic E-state index is 0.238. The highest BCUT2D eigenvalue weighted by molar-refractivity contribution is 5.47. The van der Waals surface area contributed by atoms with Gasteiger partial charge in [0, 0.05) is 30.8 Å². The van der Waals surface area contributed by atoms with E-state index >= 15 is 0 Å². The largest absolute Gasteiger partial charge is 0.493 e. The Kier molecular flexibility index (Phi) is 6.11. The van der Waals surface area contributed by atoms with Gasteiger partial charge in [0.05, 0.1) is 6.61 Å². The minimum absolute atomic E-state index is 0.238. The lowest BCUT2D eigenvalue weighted by Crippen LogP contribution is -2.29. The Morgan fingerprint density at radius 3 is 2.88 bits per heavy atom. The van der Waals surface area contributed by atoms with Crippen LogP contribution in [0.4, 0.5) is 11.6 Å². The number of nitrogen functional groups attached to an aromatic ring is 1. The van der Waals surface area contributed by atoms with Gasteiger partial charge in [0.2, 0.25) is 5.95 Å². The zero-order valence-electron chi connectivity index (χ0n) is 14.9. The summed E-state index contributed by atoms with van der Waals surface area (Å²) in [6.45, 7) is 6.01. The fourth-order valence-corrected chi connectivity index (χ4v) is 3.17. The molecule has 1 unspecified atom stereocenters. The number of piperidine rings is 1. The maximum Gasteiger partial charge on any atom is 0.218 e. The standard InChI is InChI=1S/C18H28N6O/c1-14(22-18-20-13-21-23-18)5-8-25-17-10-15(9-16(19)11-17)12-24-6-3-2-4-7-24/h9-11,13-14H,2-8,12,19H2,1H3,(H2,20,21,22,23).